The minimum Gasteiger partial charge on any atom is -0.465 e. The lowest BCUT2D eigenvalue weighted by molar-refractivity contribution is 0.0600. The number of esters is 1. The van der Waals surface area contributed by atoms with Crippen molar-refractivity contribution in [2.45, 2.75) is 0 Å². The van der Waals surface area contributed by atoms with Gasteiger partial charge in [-0.15, -0.1) is 0 Å². The normalized spacial score (nSPS) is 10.0. The lowest BCUT2D eigenvalue weighted by Gasteiger charge is -2.05. The number of aromatic nitrogens is 1. The van der Waals surface area contributed by atoms with E-state index in [2.05, 4.69) is 10.1 Å². The van der Waals surface area contributed by atoms with E-state index in [-0.39, 0.29) is 5.91 Å². The molecule has 1 amide bonds. The summed E-state index contributed by atoms with van der Waals surface area (Å²) >= 11 is 0. The van der Waals surface area contributed by atoms with E-state index in [0.717, 1.165) is 0 Å². The van der Waals surface area contributed by atoms with Gasteiger partial charge in [-0.05, 0) is 24.3 Å². The third kappa shape index (κ3) is 3.01. The number of nitrogens with zero attached hydrogens (tertiary/aromatic N) is 1. The molecule has 2 aromatic rings. The number of nitrogens with one attached hydrogen (secondary N) is 1. The minimum atomic E-state index is -0.434. The van der Waals surface area contributed by atoms with Crippen LogP contribution in [0.1, 0.15) is 20.7 Å². The highest BCUT2D eigenvalue weighted by Gasteiger charge is 2.09. The van der Waals surface area contributed by atoms with Gasteiger partial charge in [-0.25, -0.2) is 4.79 Å². The molecule has 0 atom stereocenters. The molecule has 0 unspecified atom stereocenters. The standard InChI is InChI=1S/C14H14N2O3/c1-16-7-6-11(9-16)13(17)15-12-5-3-4-10(8-12)14(18)19-2/h3-9H,1-2H3,(H,15,17). The van der Waals surface area contributed by atoms with Crippen molar-refractivity contribution in [3.8, 4) is 0 Å². The van der Waals surface area contributed by atoms with Gasteiger partial charge in [0.25, 0.3) is 5.91 Å². The number of hydrogen-bond donors (Lipinski definition) is 1. The zero-order valence-electron chi connectivity index (χ0n) is 10.7. The van der Waals surface area contributed by atoms with Crippen LogP contribution < -0.4 is 5.32 Å². The molecule has 0 fully saturated rings. The van der Waals surface area contributed by atoms with Gasteiger partial charge in [-0.2, -0.15) is 0 Å². The number of rotatable bonds is 3. The van der Waals surface area contributed by atoms with E-state index in [1.165, 1.54) is 7.11 Å². The predicted molar refractivity (Wildman–Crippen MR) is 71.1 cm³/mol. The zero-order chi connectivity index (χ0) is 13.8. The van der Waals surface area contributed by atoms with Gasteiger partial charge in [-0.1, -0.05) is 6.07 Å². The number of methoxy groups -OCH3 is 1. The van der Waals surface area contributed by atoms with Gasteiger partial charge >= 0.3 is 5.97 Å². The summed E-state index contributed by atoms with van der Waals surface area (Å²) in [4.78, 5) is 23.3. The first kappa shape index (κ1) is 12.9. The fraction of sp³-hybridized carbons (Fsp3) is 0.143. The molecule has 19 heavy (non-hydrogen) atoms. The summed E-state index contributed by atoms with van der Waals surface area (Å²) in [6.07, 6.45) is 3.51. The Balaban J connectivity index is 2.15. The van der Waals surface area contributed by atoms with Crippen molar-refractivity contribution in [2.75, 3.05) is 12.4 Å². The predicted octanol–water partition coefficient (Wildman–Crippen LogP) is 2.06. The van der Waals surface area contributed by atoms with E-state index in [9.17, 15) is 9.59 Å². The molecular weight excluding hydrogens is 244 g/mol. The van der Waals surface area contributed by atoms with E-state index in [1.54, 1.807) is 47.3 Å². The van der Waals surface area contributed by atoms with Crippen molar-refractivity contribution in [1.29, 1.82) is 0 Å². The Morgan fingerprint density at radius 1 is 1.21 bits per heavy atom. The van der Waals surface area contributed by atoms with Gasteiger partial charge < -0.3 is 14.6 Å². The van der Waals surface area contributed by atoms with Crippen LogP contribution in [-0.4, -0.2) is 23.6 Å². The Hall–Kier alpha value is -2.56. The van der Waals surface area contributed by atoms with Crippen molar-refractivity contribution in [2.24, 2.45) is 7.05 Å². The molecule has 0 saturated carbocycles. The van der Waals surface area contributed by atoms with Crippen molar-refractivity contribution < 1.29 is 14.3 Å². The molecule has 1 N–H and O–H groups in total. The summed E-state index contributed by atoms with van der Waals surface area (Å²) in [7, 11) is 3.16. The highest BCUT2D eigenvalue weighted by Crippen LogP contribution is 2.13. The molecule has 0 saturated heterocycles. The van der Waals surface area contributed by atoms with Crippen LogP contribution >= 0.6 is 0 Å². The van der Waals surface area contributed by atoms with Crippen LogP contribution in [0.25, 0.3) is 0 Å². The molecule has 0 aliphatic rings. The maximum absolute atomic E-state index is 11.9. The van der Waals surface area contributed by atoms with Crippen LogP contribution in [0.5, 0.6) is 0 Å². The molecule has 0 aliphatic heterocycles. The summed E-state index contributed by atoms with van der Waals surface area (Å²) in [5, 5.41) is 2.73. The first-order chi connectivity index (χ1) is 9.10. The van der Waals surface area contributed by atoms with Crippen molar-refractivity contribution in [3.05, 3.63) is 53.9 Å². The summed E-state index contributed by atoms with van der Waals surface area (Å²) in [5.74, 6) is -0.654. The molecule has 5 nitrogen and oxygen atoms in total. The fourth-order valence-electron chi connectivity index (χ4n) is 1.68. The van der Waals surface area contributed by atoms with E-state index >= 15 is 0 Å². The molecule has 5 heteroatoms. The zero-order valence-corrected chi connectivity index (χ0v) is 10.7. The molecule has 2 rings (SSSR count). The van der Waals surface area contributed by atoms with Gasteiger partial charge in [0.2, 0.25) is 0 Å². The highest BCUT2D eigenvalue weighted by atomic mass is 16.5. The monoisotopic (exact) mass is 258 g/mol. The maximum Gasteiger partial charge on any atom is 0.337 e. The van der Waals surface area contributed by atoms with E-state index in [1.807, 2.05) is 7.05 Å². The largest absolute Gasteiger partial charge is 0.465 e. The Bertz CT molecular complexity index is 617. The molecule has 0 spiro atoms. The summed E-state index contributed by atoms with van der Waals surface area (Å²) in [6.45, 7) is 0. The Labute approximate surface area is 110 Å². The molecule has 98 valence electrons. The molecular formula is C14H14N2O3. The Morgan fingerprint density at radius 3 is 2.63 bits per heavy atom. The smallest absolute Gasteiger partial charge is 0.337 e. The number of anilines is 1. The Morgan fingerprint density at radius 2 is 2.00 bits per heavy atom. The van der Waals surface area contributed by atoms with Crippen LogP contribution in [0, 0.1) is 0 Å². The topological polar surface area (TPSA) is 60.3 Å². The number of carbonyl (C=O) groups is 2. The lowest BCUT2D eigenvalue weighted by Crippen LogP contribution is -2.12. The number of carbonyl (C=O) groups excluding carboxylic acids is 2. The van der Waals surface area contributed by atoms with Crippen LogP contribution in [0.2, 0.25) is 0 Å². The van der Waals surface area contributed by atoms with Crippen LogP contribution in [0.15, 0.2) is 42.7 Å². The molecule has 0 radical (unpaired) electrons. The highest BCUT2D eigenvalue weighted by molar-refractivity contribution is 6.04. The first-order valence-corrected chi connectivity index (χ1v) is 5.72. The summed E-state index contributed by atoms with van der Waals surface area (Å²) < 4.78 is 6.42. The minimum absolute atomic E-state index is 0.220. The summed E-state index contributed by atoms with van der Waals surface area (Å²) in [6, 6.07) is 8.33. The number of benzene rings is 1. The second-order valence-electron chi connectivity index (χ2n) is 4.09. The molecule has 0 bridgehead atoms. The van der Waals surface area contributed by atoms with Gasteiger partial charge in [0, 0.05) is 25.1 Å². The fourth-order valence-corrected chi connectivity index (χ4v) is 1.68. The quantitative estimate of drug-likeness (QED) is 0.857. The van der Waals surface area contributed by atoms with Crippen molar-refractivity contribution in [1.82, 2.24) is 4.57 Å². The third-order valence-electron chi connectivity index (χ3n) is 2.64. The molecule has 0 aliphatic carbocycles. The second kappa shape index (κ2) is 5.39. The van der Waals surface area contributed by atoms with Crippen molar-refractivity contribution >= 4 is 17.6 Å². The SMILES string of the molecule is COC(=O)c1cccc(NC(=O)c2ccn(C)c2)c1. The average Bonchev–Trinajstić information content (AvgIpc) is 2.85. The van der Waals surface area contributed by atoms with E-state index in [0.29, 0.717) is 16.8 Å². The van der Waals surface area contributed by atoms with Crippen LogP contribution in [-0.2, 0) is 11.8 Å². The number of aryl methyl sites for hydroxylation is 1. The first-order valence-electron chi connectivity index (χ1n) is 5.72. The number of ether oxygens (including phenoxy) is 1. The summed E-state index contributed by atoms with van der Waals surface area (Å²) in [5.41, 5.74) is 1.51. The van der Waals surface area contributed by atoms with Gasteiger partial charge in [0.05, 0.1) is 18.2 Å². The van der Waals surface area contributed by atoms with Crippen LogP contribution in [0.4, 0.5) is 5.69 Å². The number of amides is 1. The maximum atomic E-state index is 11.9. The molecule has 1 aromatic heterocycles. The third-order valence-corrected chi connectivity index (χ3v) is 2.64. The van der Waals surface area contributed by atoms with E-state index in [4.69, 9.17) is 0 Å². The lowest BCUT2D eigenvalue weighted by atomic mass is 10.2. The number of hydrogen-bond acceptors (Lipinski definition) is 3. The van der Waals surface area contributed by atoms with Gasteiger partial charge in [0.15, 0.2) is 0 Å². The van der Waals surface area contributed by atoms with E-state index < -0.39 is 5.97 Å². The Kier molecular flexibility index (Phi) is 3.66. The van der Waals surface area contributed by atoms with Gasteiger partial charge in [0.1, 0.15) is 0 Å². The molecule has 1 heterocycles. The van der Waals surface area contributed by atoms with Crippen molar-refractivity contribution in [3.63, 3.8) is 0 Å². The van der Waals surface area contributed by atoms with Crippen LogP contribution in [0.3, 0.4) is 0 Å². The average molecular weight is 258 g/mol. The molecule has 1 aromatic carbocycles. The second-order valence-corrected chi connectivity index (χ2v) is 4.09. The van der Waals surface area contributed by atoms with Gasteiger partial charge in [-0.3, -0.25) is 4.79 Å².